The predicted octanol–water partition coefficient (Wildman–Crippen LogP) is 3.68. The summed E-state index contributed by atoms with van der Waals surface area (Å²) in [5.41, 5.74) is 2.29. The van der Waals surface area contributed by atoms with Gasteiger partial charge in [-0.25, -0.2) is 0 Å². The van der Waals surface area contributed by atoms with Crippen molar-refractivity contribution in [2.45, 2.75) is 37.1 Å². The van der Waals surface area contributed by atoms with Gasteiger partial charge in [0.25, 0.3) is 0 Å². The second-order valence-electron chi connectivity index (χ2n) is 7.00. The van der Waals surface area contributed by atoms with Crippen LogP contribution in [0.2, 0.25) is 0 Å². The number of aromatic amines is 1. The number of anilines is 1. The number of fused-ring (bicyclic) bond motifs is 1. The Hall–Kier alpha value is -2.06. The van der Waals surface area contributed by atoms with Gasteiger partial charge in [-0.2, -0.15) is 0 Å². The number of nitrogens with zero attached hydrogens (tertiary/aromatic N) is 2. The van der Waals surface area contributed by atoms with Crippen LogP contribution in [-0.4, -0.2) is 38.9 Å². The van der Waals surface area contributed by atoms with E-state index in [1.54, 1.807) is 0 Å². The highest BCUT2D eigenvalue weighted by Crippen LogP contribution is 2.27. The number of aromatic nitrogens is 3. The van der Waals surface area contributed by atoms with E-state index in [1.807, 2.05) is 18.3 Å². The molecule has 0 saturated carbocycles. The first-order chi connectivity index (χ1) is 12.4. The van der Waals surface area contributed by atoms with Crippen molar-refractivity contribution in [1.82, 2.24) is 20.5 Å². The highest BCUT2D eigenvalue weighted by molar-refractivity contribution is 8.01. The Morgan fingerprint density at radius 1 is 1.27 bits per heavy atom. The number of H-pyrrole nitrogens is 1. The molecule has 0 aliphatic carbocycles. The van der Waals surface area contributed by atoms with Crippen LogP contribution in [0.15, 0.2) is 34.8 Å². The molecule has 26 heavy (non-hydrogen) atoms. The number of hydrogen-bond acceptors (Lipinski definition) is 6. The average molecular weight is 390 g/mol. The molecular weight excluding hydrogens is 366 g/mol. The summed E-state index contributed by atoms with van der Waals surface area (Å²) in [6.45, 7) is 6.83. The molecule has 0 spiro atoms. The van der Waals surface area contributed by atoms with Crippen LogP contribution in [0.1, 0.15) is 26.3 Å². The largest absolute Gasteiger partial charge is 0.361 e. The first-order valence-corrected chi connectivity index (χ1v) is 10.3. The normalized spacial score (nSPS) is 11.7. The first-order valence-electron chi connectivity index (χ1n) is 8.47. The molecule has 0 aliphatic heterocycles. The quantitative estimate of drug-likeness (QED) is 0.537. The molecule has 3 rings (SSSR count). The van der Waals surface area contributed by atoms with Crippen molar-refractivity contribution in [3.63, 3.8) is 0 Å². The third-order valence-corrected chi connectivity index (χ3v) is 5.58. The predicted molar refractivity (Wildman–Crippen MR) is 109 cm³/mol. The fourth-order valence-corrected chi connectivity index (χ4v) is 4.28. The second kappa shape index (κ2) is 8.09. The van der Waals surface area contributed by atoms with E-state index in [1.165, 1.54) is 34.0 Å². The first kappa shape index (κ1) is 18.7. The third-order valence-electron chi connectivity index (χ3n) is 3.61. The molecule has 0 aliphatic rings. The van der Waals surface area contributed by atoms with Gasteiger partial charge >= 0.3 is 0 Å². The fraction of sp³-hybridized carbons (Fsp3) is 0.389. The van der Waals surface area contributed by atoms with Gasteiger partial charge in [-0.3, -0.25) is 4.79 Å². The highest BCUT2D eigenvalue weighted by Gasteiger charge is 2.14. The number of thioether (sulfide) groups is 1. The number of hydrogen-bond donors (Lipinski definition) is 3. The topological polar surface area (TPSA) is 82.7 Å². The Kier molecular flexibility index (Phi) is 5.83. The minimum atomic E-state index is -0.0543. The summed E-state index contributed by atoms with van der Waals surface area (Å²) < 4.78 is 0.795. The van der Waals surface area contributed by atoms with Crippen molar-refractivity contribution in [1.29, 1.82) is 0 Å². The van der Waals surface area contributed by atoms with Gasteiger partial charge in [0.05, 0.1) is 5.75 Å². The summed E-state index contributed by atoms with van der Waals surface area (Å²) in [4.78, 5) is 15.3. The zero-order valence-corrected chi connectivity index (χ0v) is 16.8. The van der Waals surface area contributed by atoms with Gasteiger partial charge < -0.3 is 15.6 Å². The SMILES string of the molecule is CC(C)(C)Nc1nnc(SCC(=O)NCCc2c[nH]c3ccccc23)s1. The van der Waals surface area contributed by atoms with Crippen molar-refractivity contribution in [2.75, 3.05) is 17.6 Å². The van der Waals surface area contributed by atoms with E-state index >= 15 is 0 Å². The molecule has 0 atom stereocenters. The van der Waals surface area contributed by atoms with E-state index < -0.39 is 0 Å². The number of rotatable bonds is 7. The molecule has 0 radical (unpaired) electrons. The number of amides is 1. The number of benzene rings is 1. The van der Waals surface area contributed by atoms with Crippen LogP contribution in [0.5, 0.6) is 0 Å². The van der Waals surface area contributed by atoms with Crippen LogP contribution in [0.4, 0.5) is 5.13 Å². The molecule has 2 heterocycles. The number of carbonyl (C=O) groups excluding carboxylic acids is 1. The van der Waals surface area contributed by atoms with Gasteiger partial charge in [0.2, 0.25) is 11.0 Å². The molecular formula is C18H23N5OS2. The van der Waals surface area contributed by atoms with Gasteiger partial charge in [-0.05, 0) is 38.8 Å². The lowest BCUT2D eigenvalue weighted by Gasteiger charge is -2.18. The van der Waals surface area contributed by atoms with Crippen LogP contribution in [0, 0.1) is 0 Å². The van der Waals surface area contributed by atoms with Crippen molar-refractivity contribution < 1.29 is 4.79 Å². The summed E-state index contributed by atoms with van der Waals surface area (Å²) in [7, 11) is 0. The number of para-hydroxylation sites is 1. The van der Waals surface area contributed by atoms with Gasteiger partial charge in [-0.15, -0.1) is 10.2 Å². The van der Waals surface area contributed by atoms with Crippen molar-refractivity contribution in [3.8, 4) is 0 Å². The Morgan fingerprint density at radius 3 is 2.88 bits per heavy atom. The van der Waals surface area contributed by atoms with Crippen LogP contribution in [0.25, 0.3) is 10.9 Å². The van der Waals surface area contributed by atoms with Crippen LogP contribution in [-0.2, 0) is 11.2 Å². The molecule has 3 N–H and O–H groups in total. The van der Waals surface area contributed by atoms with E-state index in [0.717, 1.165) is 21.4 Å². The molecule has 6 nitrogen and oxygen atoms in total. The van der Waals surface area contributed by atoms with E-state index in [2.05, 4.69) is 58.7 Å². The Morgan fingerprint density at radius 2 is 2.08 bits per heavy atom. The van der Waals surface area contributed by atoms with Gasteiger partial charge in [-0.1, -0.05) is 41.3 Å². The maximum absolute atomic E-state index is 12.0. The molecule has 0 saturated heterocycles. The van der Waals surface area contributed by atoms with E-state index in [0.29, 0.717) is 12.3 Å². The monoisotopic (exact) mass is 389 g/mol. The molecule has 1 amide bonds. The van der Waals surface area contributed by atoms with Gasteiger partial charge in [0, 0.05) is 29.2 Å². The van der Waals surface area contributed by atoms with Crippen molar-refractivity contribution in [3.05, 3.63) is 36.0 Å². The Balaban J connectivity index is 1.42. The van der Waals surface area contributed by atoms with Crippen molar-refractivity contribution in [2.24, 2.45) is 0 Å². The summed E-state index contributed by atoms with van der Waals surface area (Å²) in [6, 6.07) is 8.19. The summed E-state index contributed by atoms with van der Waals surface area (Å²) in [5, 5.41) is 16.5. The minimum Gasteiger partial charge on any atom is -0.361 e. The third kappa shape index (κ3) is 5.22. The smallest absolute Gasteiger partial charge is 0.230 e. The summed E-state index contributed by atoms with van der Waals surface area (Å²) >= 11 is 2.88. The zero-order chi connectivity index (χ0) is 18.6. The van der Waals surface area contributed by atoms with E-state index in [9.17, 15) is 4.79 Å². The molecule has 0 unspecified atom stereocenters. The standard InChI is InChI=1S/C18H23N5OS2/c1-18(2,3)21-16-22-23-17(26-16)25-11-15(24)19-9-8-12-10-20-14-7-5-4-6-13(12)14/h4-7,10,20H,8-9,11H2,1-3H3,(H,19,24)(H,21,22). The lowest BCUT2D eigenvalue weighted by Crippen LogP contribution is -2.27. The van der Waals surface area contributed by atoms with Crippen LogP contribution in [0.3, 0.4) is 0 Å². The second-order valence-corrected chi connectivity index (χ2v) is 9.20. The Labute approximate surface area is 161 Å². The van der Waals surface area contributed by atoms with Crippen molar-refractivity contribution >= 4 is 45.0 Å². The van der Waals surface area contributed by atoms with Crippen LogP contribution < -0.4 is 10.6 Å². The zero-order valence-electron chi connectivity index (χ0n) is 15.1. The number of carbonyl (C=O) groups is 1. The molecule has 2 aromatic heterocycles. The highest BCUT2D eigenvalue weighted by atomic mass is 32.2. The maximum atomic E-state index is 12.0. The lowest BCUT2D eigenvalue weighted by molar-refractivity contribution is -0.118. The molecule has 0 fully saturated rings. The average Bonchev–Trinajstić information content (AvgIpc) is 3.19. The van der Waals surface area contributed by atoms with E-state index in [-0.39, 0.29) is 11.4 Å². The van der Waals surface area contributed by atoms with Gasteiger partial charge in [0.1, 0.15) is 0 Å². The minimum absolute atomic E-state index is 0.00960. The molecule has 3 aromatic rings. The molecule has 1 aromatic carbocycles. The van der Waals surface area contributed by atoms with E-state index in [4.69, 9.17) is 0 Å². The van der Waals surface area contributed by atoms with Gasteiger partial charge in [0.15, 0.2) is 4.34 Å². The Bertz CT molecular complexity index is 881. The van der Waals surface area contributed by atoms with Crippen LogP contribution >= 0.6 is 23.1 Å². The summed E-state index contributed by atoms with van der Waals surface area (Å²) in [5.74, 6) is 0.355. The molecule has 138 valence electrons. The molecule has 0 bridgehead atoms. The summed E-state index contributed by atoms with van der Waals surface area (Å²) in [6.07, 6.45) is 2.81. The lowest BCUT2D eigenvalue weighted by atomic mass is 10.1. The maximum Gasteiger partial charge on any atom is 0.230 e. The number of nitrogens with one attached hydrogen (secondary N) is 3. The molecule has 8 heteroatoms. The fourth-order valence-electron chi connectivity index (χ4n) is 2.49.